The van der Waals surface area contributed by atoms with Crippen molar-refractivity contribution in [1.29, 1.82) is 0 Å². The van der Waals surface area contributed by atoms with Crippen LogP contribution in [0.25, 0.3) is 0 Å². The van der Waals surface area contributed by atoms with Gasteiger partial charge in [0, 0.05) is 12.6 Å². The summed E-state index contributed by atoms with van der Waals surface area (Å²) in [6.45, 7) is 6.23. The number of esters is 1. The van der Waals surface area contributed by atoms with Gasteiger partial charge in [0.25, 0.3) is 0 Å². The Bertz CT molecular complexity index is 340. The minimum Gasteiger partial charge on any atom is -0.428 e. The van der Waals surface area contributed by atoms with Crippen LogP contribution in [-0.4, -0.2) is 50.7 Å². The van der Waals surface area contributed by atoms with Gasteiger partial charge >= 0.3 is 12.1 Å². The lowest BCUT2D eigenvalue weighted by atomic mass is 10.0. The molecule has 116 valence electrons. The Morgan fingerprint density at radius 3 is 2.60 bits per heavy atom. The molecule has 0 unspecified atom stereocenters. The quantitative estimate of drug-likeness (QED) is 0.567. The average Bonchev–Trinajstić information content (AvgIpc) is 2.75. The van der Waals surface area contributed by atoms with E-state index in [2.05, 4.69) is 10.6 Å². The highest BCUT2D eigenvalue weighted by Gasteiger charge is 2.33. The first-order valence-electron chi connectivity index (χ1n) is 6.74. The third-order valence-electron chi connectivity index (χ3n) is 2.84. The van der Waals surface area contributed by atoms with Crippen molar-refractivity contribution in [2.45, 2.75) is 38.8 Å². The fourth-order valence-corrected chi connectivity index (χ4v) is 2.01. The molecule has 1 aliphatic heterocycles. The first-order chi connectivity index (χ1) is 9.33. The lowest BCUT2D eigenvalue weighted by Crippen LogP contribution is -2.40. The van der Waals surface area contributed by atoms with E-state index in [4.69, 9.17) is 14.2 Å². The van der Waals surface area contributed by atoms with Gasteiger partial charge in [0.05, 0.1) is 5.92 Å². The Balaban J connectivity index is 2.28. The van der Waals surface area contributed by atoms with Gasteiger partial charge in [0.2, 0.25) is 6.79 Å². The SMILES string of the molecule is CNC[C@@H]1NCC[C@@H]1C(=O)OCOC(=O)OC(C)(C)C. The van der Waals surface area contributed by atoms with Crippen LogP contribution in [0.3, 0.4) is 0 Å². The Morgan fingerprint density at radius 1 is 1.30 bits per heavy atom. The van der Waals surface area contributed by atoms with Crippen molar-refractivity contribution in [1.82, 2.24) is 10.6 Å². The summed E-state index contributed by atoms with van der Waals surface area (Å²) in [5.41, 5.74) is -0.631. The molecule has 2 atom stereocenters. The molecular weight excluding hydrogens is 264 g/mol. The molecule has 20 heavy (non-hydrogen) atoms. The van der Waals surface area contributed by atoms with Gasteiger partial charge in [-0.15, -0.1) is 0 Å². The van der Waals surface area contributed by atoms with Crippen LogP contribution in [0.1, 0.15) is 27.2 Å². The van der Waals surface area contributed by atoms with Crippen molar-refractivity contribution in [3.05, 3.63) is 0 Å². The number of carbonyl (C=O) groups is 2. The number of hydrogen-bond acceptors (Lipinski definition) is 7. The zero-order valence-corrected chi connectivity index (χ0v) is 12.5. The number of hydrogen-bond donors (Lipinski definition) is 2. The normalized spacial score (nSPS) is 22.4. The van der Waals surface area contributed by atoms with E-state index >= 15 is 0 Å². The van der Waals surface area contributed by atoms with Gasteiger partial charge in [-0.1, -0.05) is 0 Å². The molecule has 0 saturated carbocycles. The second-order valence-corrected chi connectivity index (χ2v) is 5.70. The Labute approximate surface area is 119 Å². The smallest absolute Gasteiger partial charge is 0.428 e. The first-order valence-corrected chi connectivity index (χ1v) is 6.74. The number of rotatable bonds is 5. The van der Waals surface area contributed by atoms with E-state index in [0.29, 0.717) is 6.54 Å². The maximum Gasteiger partial charge on any atom is 0.511 e. The molecule has 2 N–H and O–H groups in total. The van der Waals surface area contributed by atoms with Gasteiger partial charge < -0.3 is 24.8 Å². The van der Waals surface area contributed by atoms with Crippen LogP contribution in [0.2, 0.25) is 0 Å². The number of ether oxygens (including phenoxy) is 3. The zero-order chi connectivity index (χ0) is 15.2. The molecule has 0 bridgehead atoms. The number of nitrogens with one attached hydrogen (secondary N) is 2. The fourth-order valence-electron chi connectivity index (χ4n) is 2.01. The lowest BCUT2D eigenvalue weighted by molar-refractivity contribution is -0.159. The molecule has 1 saturated heterocycles. The summed E-state index contributed by atoms with van der Waals surface area (Å²) in [7, 11) is 1.83. The highest BCUT2D eigenvalue weighted by atomic mass is 16.8. The van der Waals surface area contributed by atoms with Gasteiger partial charge in [-0.05, 0) is 40.8 Å². The third-order valence-corrected chi connectivity index (χ3v) is 2.84. The molecule has 1 heterocycles. The second kappa shape index (κ2) is 7.44. The van der Waals surface area contributed by atoms with E-state index < -0.39 is 18.5 Å². The topological polar surface area (TPSA) is 85.9 Å². The van der Waals surface area contributed by atoms with Crippen molar-refractivity contribution < 1.29 is 23.8 Å². The largest absolute Gasteiger partial charge is 0.511 e. The maximum absolute atomic E-state index is 11.9. The fraction of sp³-hybridized carbons (Fsp3) is 0.846. The van der Waals surface area contributed by atoms with E-state index in [1.807, 2.05) is 7.05 Å². The van der Waals surface area contributed by atoms with Crippen LogP contribution in [0.15, 0.2) is 0 Å². The molecule has 0 amide bonds. The molecule has 0 aromatic carbocycles. The summed E-state index contributed by atoms with van der Waals surface area (Å²) in [5, 5.41) is 6.24. The summed E-state index contributed by atoms with van der Waals surface area (Å²) >= 11 is 0. The van der Waals surface area contributed by atoms with E-state index in [9.17, 15) is 9.59 Å². The lowest BCUT2D eigenvalue weighted by Gasteiger charge is -2.20. The van der Waals surface area contributed by atoms with Gasteiger partial charge in [-0.2, -0.15) is 0 Å². The van der Waals surface area contributed by atoms with Crippen molar-refractivity contribution in [2.24, 2.45) is 5.92 Å². The third kappa shape index (κ3) is 5.75. The predicted octanol–water partition coefficient (Wildman–Crippen LogP) is 0.636. The number of likely N-dealkylation sites (N-methyl/N-ethyl adjacent to an activating group) is 1. The summed E-state index contributed by atoms with van der Waals surface area (Å²) in [5.74, 6) is -0.580. The second-order valence-electron chi connectivity index (χ2n) is 5.70. The Hall–Kier alpha value is -1.34. The predicted molar refractivity (Wildman–Crippen MR) is 72.1 cm³/mol. The summed E-state index contributed by atoms with van der Waals surface area (Å²) in [4.78, 5) is 23.1. The highest BCUT2D eigenvalue weighted by Crippen LogP contribution is 2.17. The van der Waals surface area contributed by atoms with Crippen molar-refractivity contribution in [2.75, 3.05) is 26.9 Å². The molecule has 0 aromatic heterocycles. The van der Waals surface area contributed by atoms with Crippen molar-refractivity contribution in [3.8, 4) is 0 Å². The summed E-state index contributed by atoms with van der Waals surface area (Å²) in [6.07, 6.45) is -0.126. The molecule has 0 aliphatic carbocycles. The molecule has 7 heteroatoms. The zero-order valence-electron chi connectivity index (χ0n) is 12.5. The van der Waals surface area contributed by atoms with Crippen molar-refractivity contribution in [3.63, 3.8) is 0 Å². The monoisotopic (exact) mass is 288 g/mol. The molecule has 0 radical (unpaired) electrons. The molecule has 1 aliphatic rings. The maximum atomic E-state index is 11.9. The van der Waals surface area contributed by atoms with Gasteiger partial charge in [-0.25, -0.2) is 4.79 Å². The van der Waals surface area contributed by atoms with Crippen molar-refractivity contribution >= 4 is 12.1 Å². The van der Waals surface area contributed by atoms with Gasteiger partial charge in [0.1, 0.15) is 5.60 Å². The van der Waals surface area contributed by atoms with Crippen LogP contribution < -0.4 is 10.6 Å². The molecule has 0 aromatic rings. The molecule has 0 spiro atoms. The van der Waals surface area contributed by atoms with Crippen LogP contribution >= 0.6 is 0 Å². The molecule has 1 fully saturated rings. The minimum atomic E-state index is -0.846. The van der Waals surface area contributed by atoms with Crippen LogP contribution in [0, 0.1) is 5.92 Å². The van der Waals surface area contributed by atoms with E-state index in [0.717, 1.165) is 13.0 Å². The van der Waals surface area contributed by atoms with E-state index in [1.165, 1.54) is 0 Å². The van der Waals surface area contributed by atoms with Gasteiger partial charge in [0.15, 0.2) is 0 Å². The van der Waals surface area contributed by atoms with E-state index in [1.54, 1.807) is 20.8 Å². The minimum absolute atomic E-state index is 0.0500. The van der Waals surface area contributed by atoms with E-state index in [-0.39, 0.29) is 17.9 Å². The Morgan fingerprint density at radius 2 is 2.00 bits per heavy atom. The molecule has 1 rings (SSSR count). The highest BCUT2D eigenvalue weighted by molar-refractivity contribution is 5.74. The van der Waals surface area contributed by atoms with Crippen LogP contribution in [-0.2, 0) is 19.0 Å². The molecule has 7 nitrogen and oxygen atoms in total. The van der Waals surface area contributed by atoms with Crippen LogP contribution in [0.5, 0.6) is 0 Å². The Kier molecular flexibility index (Phi) is 6.22. The average molecular weight is 288 g/mol. The van der Waals surface area contributed by atoms with Gasteiger partial charge in [-0.3, -0.25) is 4.79 Å². The number of carbonyl (C=O) groups excluding carboxylic acids is 2. The standard InChI is InChI=1S/C13H24N2O5/c1-13(2,3)20-12(17)19-8-18-11(16)9-5-6-15-10(9)7-14-4/h9-10,14-15H,5-8H2,1-4H3/t9-,10-/m0/s1. The summed E-state index contributed by atoms with van der Waals surface area (Å²) < 4.78 is 14.6. The molecular formula is C13H24N2O5. The van der Waals surface area contributed by atoms with Crippen LogP contribution in [0.4, 0.5) is 4.79 Å². The summed E-state index contributed by atoms with van der Waals surface area (Å²) in [6, 6.07) is 0.0500. The first kappa shape index (κ1) is 16.7.